The largest absolute Gasteiger partial charge is 0.414 e. The highest BCUT2D eigenvalue weighted by Gasteiger charge is 2.55. The zero-order valence-corrected chi connectivity index (χ0v) is 38.5. The molecule has 0 unspecified atom stereocenters. The van der Waals surface area contributed by atoms with Crippen molar-refractivity contribution in [3.63, 3.8) is 0 Å². The quantitative estimate of drug-likeness (QED) is 0.226. The third kappa shape index (κ3) is 9.41. The van der Waals surface area contributed by atoms with E-state index < -0.39 is 68.9 Å². The van der Waals surface area contributed by atoms with Crippen molar-refractivity contribution in [2.24, 2.45) is 0 Å². The maximum absolute atomic E-state index is 13.9. The van der Waals surface area contributed by atoms with Gasteiger partial charge in [0.15, 0.2) is 33.3 Å². The molecule has 0 saturated carbocycles. The average molecular weight is 745 g/mol. The van der Waals surface area contributed by atoms with Crippen LogP contribution >= 0.6 is 0 Å². The van der Waals surface area contributed by atoms with Crippen molar-refractivity contribution in [3.05, 3.63) is 32.1 Å². The van der Waals surface area contributed by atoms with E-state index in [0.717, 1.165) is 0 Å². The van der Waals surface area contributed by atoms with Crippen LogP contribution in [-0.2, 0) is 29.2 Å². The van der Waals surface area contributed by atoms with Gasteiger partial charge >= 0.3 is 5.69 Å². The molecule has 1 aliphatic heterocycles. The zero-order valence-electron chi connectivity index (χ0n) is 34.5. The smallest absolute Gasteiger partial charge is 0.330 e. The Hall–Kier alpha value is -0.652. The zero-order chi connectivity index (χ0) is 37.9. The van der Waals surface area contributed by atoms with Crippen molar-refractivity contribution >= 4 is 33.3 Å². The first kappa shape index (κ1) is 43.5. The summed E-state index contributed by atoms with van der Waals surface area (Å²) in [6.45, 7) is 46.4. The Morgan fingerprint density at radius 2 is 1.04 bits per heavy atom. The second-order valence-corrected chi connectivity index (χ2v) is 39.2. The number of ether oxygens (including phenoxy) is 1. The third-order valence-electron chi connectivity index (χ3n) is 12.3. The third-order valence-corrected chi connectivity index (χ3v) is 30.3. The lowest BCUT2D eigenvalue weighted by atomic mass is 10.0. The van der Waals surface area contributed by atoms with Gasteiger partial charge in [-0.1, -0.05) is 83.1 Å². The van der Waals surface area contributed by atoms with Crippen LogP contribution in [-0.4, -0.2) is 67.7 Å². The number of nitrogens with zero attached hydrogens (tertiary/aromatic N) is 1. The van der Waals surface area contributed by atoms with Gasteiger partial charge in [-0.2, -0.15) is 0 Å². The number of H-pyrrole nitrogens is 1. The van der Waals surface area contributed by atoms with Gasteiger partial charge in [0.05, 0.1) is 12.2 Å². The molecule has 48 heavy (non-hydrogen) atoms. The number of hydrogen-bond donors (Lipinski definition) is 1. The summed E-state index contributed by atoms with van der Waals surface area (Å²) in [5.41, 5.74) is -0.0530. The minimum absolute atomic E-state index is 0.00517. The van der Waals surface area contributed by atoms with E-state index in [1.807, 2.05) is 6.92 Å². The summed E-state index contributed by atoms with van der Waals surface area (Å²) in [5.74, 6) is 0. The van der Waals surface area contributed by atoms with Crippen LogP contribution in [0.2, 0.25) is 72.5 Å². The Kier molecular flexibility index (Phi) is 12.7. The van der Waals surface area contributed by atoms with Gasteiger partial charge in [-0.05, 0) is 79.5 Å². The van der Waals surface area contributed by atoms with Crippen molar-refractivity contribution in [2.75, 3.05) is 6.61 Å². The van der Waals surface area contributed by atoms with Gasteiger partial charge in [-0.15, -0.1) is 0 Å². The summed E-state index contributed by atoms with van der Waals surface area (Å²) < 4.78 is 36.3. The molecule has 13 heteroatoms. The molecule has 1 N–H and O–H groups in total. The standard InChI is InChI=1S/C35H72N2O7Si4/c1-24-26(30(38)36-31(39)37(24)23-41-46(16,17)33(5,6)7)28-29(44-48(20,21)35(11,12)13)27(43-47(18,19)34(8,9)10)25(42-28)22-40-45(14,15)32(2,3)4/h25,27-29H,22-23H2,1-21H3,(H,36,38,39)/t25-,27-,28+,29-/m1/s1. The fraction of sp³-hybridized carbons (Fsp3) is 0.886. The number of nitrogens with one attached hydrogen (secondary N) is 1. The Morgan fingerprint density at radius 1 is 0.646 bits per heavy atom. The van der Waals surface area contributed by atoms with Crippen LogP contribution in [0.3, 0.4) is 0 Å². The van der Waals surface area contributed by atoms with Crippen molar-refractivity contribution < 1.29 is 22.4 Å². The molecule has 1 saturated heterocycles. The molecule has 0 spiro atoms. The van der Waals surface area contributed by atoms with E-state index in [0.29, 0.717) is 17.9 Å². The van der Waals surface area contributed by atoms with E-state index in [1.54, 1.807) is 0 Å². The lowest BCUT2D eigenvalue weighted by molar-refractivity contribution is -0.0183. The molecular formula is C35H72N2O7Si4. The topological polar surface area (TPSA) is 101 Å². The van der Waals surface area contributed by atoms with Crippen molar-refractivity contribution in [1.82, 2.24) is 9.55 Å². The van der Waals surface area contributed by atoms with Gasteiger partial charge in [0.25, 0.3) is 5.56 Å². The summed E-state index contributed by atoms with van der Waals surface area (Å²) in [5, 5.41) is -0.214. The minimum Gasteiger partial charge on any atom is -0.414 e. The van der Waals surface area contributed by atoms with E-state index in [1.165, 1.54) is 4.57 Å². The highest BCUT2D eigenvalue weighted by Crippen LogP contribution is 2.47. The SMILES string of the molecule is Cc1c([C@@H]2O[C@H](CO[Si](C)(C)C(C)(C)C)[C@@H](O[Si](C)(C)C(C)(C)C)[C@H]2O[Si](C)(C)C(C)(C)C)c(=O)[nH]c(=O)n1CO[Si](C)(C)C(C)(C)C. The maximum atomic E-state index is 13.9. The monoisotopic (exact) mass is 744 g/mol. The van der Waals surface area contributed by atoms with Gasteiger partial charge in [-0.3, -0.25) is 14.3 Å². The van der Waals surface area contributed by atoms with Gasteiger partial charge in [0.2, 0.25) is 0 Å². The molecule has 4 atom stereocenters. The Balaban J connectivity index is 2.84. The van der Waals surface area contributed by atoms with E-state index in [9.17, 15) is 9.59 Å². The van der Waals surface area contributed by atoms with Gasteiger partial charge in [0.1, 0.15) is 31.1 Å². The van der Waals surface area contributed by atoms with Crippen LogP contribution in [0.4, 0.5) is 0 Å². The van der Waals surface area contributed by atoms with Gasteiger partial charge in [-0.25, -0.2) is 4.79 Å². The van der Waals surface area contributed by atoms with Crippen LogP contribution in [0.15, 0.2) is 9.59 Å². The van der Waals surface area contributed by atoms with Crippen LogP contribution < -0.4 is 11.2 Å². The summed E-state index contributed by atoms with van der Waals surface area (Å²) in [6, 6.07) is 0. The predicted octanol–water partition coefficient (Wildman–Crippen LogP) is 9.07. The Bertz CT molecular complexity index is 1390. The van der Waals surface area contributed by atoms with Crippen LogP contribution in [0, 0.1) is 6.92 Å². The second kappa shape index (κ2) is 14.1. The predicted molar refractivity (Wildman–Crippen MR) is 209 cm³/mol. The highest BCUT2D eigenvalue weighted by molar-refractivity contribution is 6.75. The summed E-state index contributed by atoms with van der Waals surface area (Å²) in [4.78, 5) is 29.8. The lowest BCUT2D eigenvalue weighted by Crippen LogP contribution is -2.54. The van der Waals surface area contributed by atoms with Gasteiger partial charge < -0.3 is 22.4 Å². The lowest BCUT2D eigenvalue weighted by Gasteiger charge is -2.44. The second-order valence-electron chi connectivity index (χ2n) is 20.1. The molecule has 0 aliphatic carbocycles. The minimum atomic E-state index is -2.42. The van der Waals surface area contributed by atoms with Crippen molar-refractivity contribution in [3.8, 4) is 0 Å². The highest BCUT2D eigenvalue weighted by atomic mass is 28.4. The van der Waals surface area contributed by atoms with E-state index in [2.05, 4.69) is 140 Å². The molecule has 0 bridgehead atoms. The normalized spacial score (nSPS) is 22.4. The first-order valence-electron chi connectivity index (χ1n) is 17.7. The van der Waals surface area contributed by atoms with Crippen molar-refractivity contribution in [1.29, 1.82) is 0 Å². The molecule has 0 aromatic carbocycles. The molecule has 0 amide bonds. The summed E-state index contributed by atoms with van der Waals surface area (Å²) in [6.07, 6.45) is -2.31. The maximum Gasteiger partial charge on any atom is 0.330 e. The molecule has 280 valence electrons. The van der Waals surface area contributed by atoms with E-state index in [4.69, 9.17) is 22.4 Å². The summed E-state index contributed by atoms with van der Waals surface area (Å²) >= 11 is 0. The number of aromatic amines is 1. The molecule has 9 nitrogen and oxygen atoms in total. The molecule has 1 aromatic rings. The number of aromatic nitrogens is 2. The number of hydrogen-bond acceptors (Lipinski definition) is 7. The number of rotatable bonds is 11. The Labute approximate surface area is 296 Å². The fourth-order valence-electron chi connectivity index (χ4n) is 4.53. The van der Waals surface area contributed by atoms with Crippen LogP contribution in [0.25, 0.3) is 0 Å². The molecule has 0 radical (unpaired) electrons. The van der Waals surface area contributed by atoms with Crippen molar-refractivity contribution in [2.45, 2.75) is 194 Å². The first-order valence-corrected chi connectivity index (χ1v) is 29.3. The average Bonchev–Trinajstić information content (AvgIpc) is 3.15. The fourth-order valence-corrected chi connectivity index (χ4v) is 9.04. The molecule has 1 aromatic heterocycles. The summed E-state index contributed by atoms with van der Waals surface area (Å²) in [7, 11) is -9.15. The van der Waals surface area contributed by atoms with E-state index >= 15 is 0 Å². The Morgan fingerprint density at radius 3 is 1.46 bits per heavy atom. The first-order chi connectivity index (χ1) is 21.1. The van der Waals surface area contributed by atoms with Gasteiger partial charge in [0, 0.05) is 5.69 Å². The molecule has 2 rings (SSSR count). The molecule has 1 aliphatic rings. The van der Waals surface area contributed by atoms with E-state index in [-0.39, 0.29) is 26.9 Å². The molecule has 2 heterocycles. The van der Waals surface area contributed by atoms with Crippen LogP contribution in [0.1, 0.15) is 100 Å². The molecule has 1 fully saturated rings. The molecular weight excluding hydrogens is 673 g/mol. The van der Waals surface area contributed by atoms with Crippen LogP contribution in [0.5, 0.6) is 0 Å².